The normalized spacial score (nSPS) is 9.64. The lowest BCUT2D eigenvalue weighted by Gasteiger charge is -1.93. The van der Waals surface area contributed by atoms with Crippen molar-refractivity contribution < 1.29 is 9.31 Å². The second kappa shape index (κ2) is 2.93. The third-order valence-corrected chi connectivity index (χ3v) is 1.66. The Balaban J connectivity index is 3.15. The van der Waals surface area contributed by atoms with Crippen molar-refractivity contribution in [3.05, 3.63) is 34.1 Å². The number of non-ortho nitro benzene ring substituents is 1. The van der Waals surface area contributed by atoms with Crippen LogP contribution in [0.25, 0.3) is 0 Å². The summed E-state index contributed by atoms with van der Waals surface area (Å²) in [6, 6.07) is 3.49. The summed E-state index contributed by atoms with van der Waals surface area (Å²) in [6.07, 6.45) is 0. The number of hydrogen-bond donors (Lipinski definition) is 0. The van der Waals surface area contributed by atoms with Gasteiger partial charge in [-0.25, -0.2) is 4.39 Å². The van der Waals surface area contributed by atoms with Crippen LogP contribution in [0.1, 0.15) is 0 Å². The highest BCUT2D eigenvalue weighted by molar-refractivity contribution is 7.27. The predicted octanol–water partition coefficient (Wildman–Crippen LogP) is 1.23. The Morgan fingerprint density at radius 1 is 1.55 bits per heavy atom. The quantitative estimate of drug-likeness (QED) is 0.364. The minimum Gasteiger partial charge on any atom is -0.258 e. The summed E-state index contributed by atoms with van der Waals surface area (Å²) in [5, 5.41) is 10.4. The summed E-state index contributed by atoms with van der Waals surface area (Å²) < 4.78 is 12.6. The first-order chi connectivity index (χ1) is 5.11. The van der Waals surface area contributed by atoms with Crippen molar-refractivity contribution in [1.29, 1.82) is 0 Å². The van der Waals surface area contributed by atoms with E-state index in [1.807, 2.05) is 0 Å². The van der Waals surface area contributed by atoms with Crippen LogP contribution in [0.15, 0.2) is 18.2 Å². The van der Waals surface area contributed by atoms with Gasteiger partial charge in [-0.15, -0.1) is 9.24 Å². The van der Waals surface area contributed by atoms with Crippen LogP contribution in [0, 0.1) is 15.9 Å². The molecule has 1 rings (SSSR count). The molecule has 58 valence electrons. The minimum absolute atomic E-state index is 0.228. The van der Waals surface area contributed by atoms with Crippen molar-refractivity contribution in [2.45, 2.75) is 0 Å². The second-order valence-electron chi connectivity index (χ2n) is 1.96. The van der Waals surface area contributed by atoms with Crippen molar-refractivity contribution in [3.63, 3.8) is 0 Å². The number of hydrogen-bond acceptors (Lipinski definition) is 2. The Hall–Kier alpha value is -1.02. The zero-order chi connectivity index (χ0) is 8.43. The molecule has 0 aliphatic rings. The Morgan fingerprint density at radius 3 is 2.64 bits per heavy atom. The standard InChI is InChI=1S/C6H5FNO2P/c7-5-3-4(8(9)10)1-2-6(5)11/h1-3H,11H2. The molecule has 0 spiro atoms. The summed E-state index contributed by atoms with van der Waals surface area (Å²) in [6.45, 7) is 0. The lowest BCUT2D eigenvalue weighted by atomic mass is 10.3. The van der Waals surface area contributed by atoms with E-state index in [0.29, 0.717) is 5.30 Å². The Morgan fingerprint density at radius 2 is 2.18 bits per heavy atom. The van der Waals surface area contributed by atoms with Crippen molar-refractivity contribution in [1.82, 2.24) is 0 Å². The zero-order valence-corrected chi connectivity index (χ0v) is 6.61. The van der Waals surface area contributed by atoms with E-state index >= 15 is 0 Å². The first kappa shape index (κ1) is 8.08. The number of nitro benzene ring substituents is 1. The topological polar surface area (TPSA) is 43.1 Å². The van der Waals surface area contributed by atoms with Crippen molar-refractivity contribution in [2.75, 3.05) is 0 Å². The molecule has 0 saturated carbocycles. The summed E-state index contributed by atoms with van der Waals surface area (Å²) >= 11 is 0. The van der Waals surface area contributed by atoms with Crippen molar-refractivity contribution in [3.8, 4) is 0 Å². The molecule has 11 heavy (non-hydrogen) atoms. The SMILES string of the molecule is O=[N+]([O-])c1ccc(P)c(F)c1. The first-order valence-electron chi connectivity index (χ1n) is 2.80. The molecule has 1 aromatic rings. The van der Waals surface area contributed by atoms with Gasteiger partial charge in [-0.05, 0) is 6.07 Å². The van der Waals surface area contributed by atoms with Gasteiger partial charge in [0.1, 0.15) is 5.82 Å². The molecule has 1 unspecified atom stereocenters. The van der Waals surface area contributed by atoms with Crippen LogP contribution >= 0.6 is 9.24 Å². The number of nitro groups is 1. The van der Waals surface area contributed by atoms with Gasteiger partial charge in [0, 0.05) is 11.4 Å². The van der Waals surface area contributed by atoms with E-state index < -0.39 is 10.7 Å². The van der Waals surface area contributed by atoms with E-state index in [9.17, 15) is 14.5 Å². The van der Waals surface area contributed by atoms with Gasteiger partial charge in [0.2, 0.25) is 0 Å². The van der Waals surface area contributed by atoms with E-state index in [2.05, 4.69) is 9.24 Å². The number of nitrogens with zero attached hydrogens (tertiary/aromatic N) is 1. The van der Waals surface area contributed by atoms with Gasteiger partial charge >= 0.3 is 0 Å². The van der Waals surface area contributed by atoms with E-state index in [0.717, 1.165) is 6.07 Å². The second-order valence-corrected chi connectivity index (χ2v) is 2.58. The fraction of sp³-hybridized carbons (Fsp3) is 0. The molecular formula is C6H5FNO2P. The van der Waals surface area contributed by atoms with Crippen LogP contribution in [0.4, 0.5) is 10.1 Å². The number of benzene rings is 1. The van der Waals surface area contributed by atoms with Gasteiger partial charge in [-0.3, -0.25) is 10.1 Å². The highest BCUT2D eigenvalue weighted by Crippen LogP contribution is 2.11. The summed E-state index contributed by atoms with van der Waals surface area (Å²) in [5.41, 5.74) is -0.228. The molecule has 0 fully saturated rings. The molecule has 0 aromatic heterocycles. The van der Waals surface area contributed by atoms with Gasteiger partial charge in [0.15, 0.2) is 0 Å². The Bertz CT molecular complexity index is 303. The highest BCUT2D eigenvalue weighted by atomic mass is 31.0. The summed E-state index contributed by atoms with van der Waals surface area (Å²) in [7, 11) is 2.14. The fourth-order valence-electron chi connectivity index (χ4n) is 0.630. The molecule has 1 aromatic carbocycles. The van der Waals surface area contributed by atoms with E-state index in [1.165, 1.54) is 12.1 Å². The number of rotatable bonds is 1. The molecule has 0 amide bonds. The molecular weight excluding hydrogens is 168 g/mol. The largest absolute Gasteiger partial charge is 0.272 e. The summed E-state index contributed by atoms with van der Waals surface area (Å²) in [4.78, 5) is 9.46. The maximum absolute atomic E-state index is 12.6. The third kappa shape index (κ3) is 1.71. The molecule has 0 radical (unpaired) electrons. The molecule has 1 atom stereocenters. The maximum atomic E-state index is 12.6. The molecule has 0 bridgehead atoms. The van der Waals surface area contributed by atoms with Gasteiger partial charge in [-0.1, -0.05) is 0 Å². The van der Waals surface area contributed by atoms with Crippen LogP contribution in [-0.4, -0.2) is 4.92 Å². The van der Waals surface area contributed by atoms with Crippen LogP contribution in [0.3, 0.4) is 0 Å². The van der Waals surface area contributed by atoms with Crippen LogP contribution in [-0.2, 0) is 0 Å². The molecule has 0 saturated heterocycles. The molecule has 5 heteroatoms. The molecule has 3 nitrogen and oxygen atoms in total. The lowest BCUT2D eigenvalue weighted by Crippen LogP contribution is -1.98. The monoisotopic (exact) mass is 173 g/mol. The molecule has 0 heterocycles. The zero-order valence-electron chi connectivity index (χ0n) is 5.45. The van der Waals surface area contributed by atoms with Gasteiger partial charge in [-0.2, -0.15) is 0 Å². The maximum Gasteiger partial charge on any atom is 0.272 e. The smallest absolute Gasteiger partial charge is 0.258 e. The van der Waals surface area contributed by atoms with Crippen molar-refractivity contribution in [2.24, 2.45) is 0 Å². The fourth-order valence-corrected chi connectivity index (χ4v) is 0.809. The van der Waals surface area contributed by atoms with E-state index in [4.69, 9.17) is 0 Å². The van der Waals surface area contributed by atoms with Crippen LogP contribution in [0.5, 0.6) is 0 Å². The van der Waals surface area contributed by atoms with Gasteiger partial charge < -0.3 is 0 Å². The van der Waals surface area contributed by atoms with Gasteiger partial charge in [0.25, 0.3) is 5.69 Å². The van der Waals surface area contributed by atoms with E-state index in [1.54, 1.807) is 0 Å². The predicted molar refractivity (Wildman–Crippen MR) is 42.4 cm³/mol. The van der Waals surface area contributed by atoms with Crippen molar-refractivity contribution >= 4 is 20.2 Å². The Labute approximate surface area is 64.6 Å². The molecule has 0 N–H and O–H groups in total. The van der Waals surface area contributed by atoms with Gasteiger partial charge in [0.05, 0.1) is 11.0 Å². The average molecular weight is 173 g/mol. The Kier molecular flexibility index (Phi) is 2.15. The van der Waals surface area contributed by atoms with Crippen LogP contribution in [0.2, 0.25) is 0 Å². The van der Waals surface area contributed by atoms with E-state index in [-0.39, 0.29) is 5.69 Å². The molecule has 0 aliphatic carbocycles. The number of halogens is 1. The highest BCUT2D eigenvalue weighted by Gasteiger charge is 2.07. The third-order valence-electron chi connectivity index (χ3n) is 1.19. The lowest BCUT2D eigenvalue weighted by molar-refractivity contribution is -0.385. The van der Waals surface area contributed by atoms with Crippen LogP contribution < -0.4 is 5.30 Å². The molecule has 0 aliphatic heterocycles. The first-order valence-corrected chi connectivity index (χ1v) is 3.38. The summed E-state index contributed by atoms with van der Waals surface area (Å²) in [5.74, 6) is -0.579. The minimum atomic E-state index is -0.632. The average Bonchev–Trinajstić information content (AvgIpc) is 1.94.